The zero-order valence-electron chi connectivity index (χ0n) is 14.0. The number of methoxy groups -OCH3 is 2. The van der Waals surface area contributed by atoms with E-state index in [1.807, 2.05) is 0 Å². The summed E-state index contributed by atoms with van der Waals surface area (Å²) in [5, 5.41) is 2.74. The molecule has 7 heteroatoms. The Kier molecular flexibility index (Phi) is 6.41. The average Bonchev–Trinajstić information content (AvgIpc) is 2.62. The lowest BCUT2D eigenvalue weighted by Gasteiger charge is -2.17. The minimum absolute atomic E-state index is 0.332. The molecule has 1 atom stereocenters. The number of rotatable bonds is 7. The number of amides is 1. The van der Waals surface area contributed by atoms with Gasteiger partial charge in [-0.15, -0.1) is 0 Å². The van der Waals surface area contributed by atoms with Crippen molar-refractivity contribution in [2.45, 2.75) is 13.0 Å². The Balaban J connectivity index is 2.14. The van der Waals surface area contributed by atoms with Crippen molar-refractivity contribution in [1.29, 1.82) is 0 Å². The van der Waals surface area contributed by atoms with Gasteiger partial charge in [-0.1, -0.05) is 15.9 Å². The summed E-state index contributed by atoms with van der Waals surface area (Å²) in [5.41, 5.74) is 0.821. The number of benzene rings is 2. The number of hydrogen-bond acceptors (Lipinski definition) is 5. The second-order valence-corrected chi connectivity index (χ2v) is 6.03. The molecule has 0 aromatic heterocycles. The van der Waals surface area contributed by atoms with Crippen molar-refractivity contribution in [3.05, 3.63) is 46.4 Å². The van der Waals surface area contributed by atoms with Crippen molar-refractivity contribution >= 4 is 33.8 Å². The van der Waals surface area contributed by atoms with Crippen LogP contribution in [0.15, 0.2) is 40.9 Å². The summed E-state index contributed by atoms with van der Waals surface area (Å²) in [6, 6.07) is 10.1. The van der Waals surface area contributed by atoms with E-state index in [-0.39, 0.29) is 5.91 Å². The van der Waals surface area contributed by atoms with Gasteiger partial charge in [0.1, 0.15) is 17.2 Å². The average molecular weight is 408 g/mol. The van der Waals surface area contributed by atoms with Crippen LogP contribution in [0.4, 0.5) is 5.69 Å². The standard InChI is InChI=1S/C18H18BrNO5/c1-11(25-16-6-4-13(19)8-12(16)10-21)18(22)20-15-9-14(23-2)5-7-17(15)24-3/h4-11H,1-3H3,(H,20,22). The summed E-state index contributed by atoms with van der Waals surface area (Å²) in [6.45, 7) is 1.60. The molecule has 0 spiro atoms. The van der Waals surface area contributed by atoms with Crippen LogP contribution < -0.4 is 19.5 Å². The smallest absolute Gasteiger partial charge is 0.265 e. The van der Waals surface area contributed by atoms with Crippen molar-refractivity contribution < 1.29 is 23.8 Å². The molecule has 1 N–H and O–H groups in total. The van der Waals surface area contributed by atoms with Gasteiger partial charge in [0.2, 0.25) is 0 Å². The van der Waals surface area contributed by atoms with Crippen molar-refractivity contribution in [2.75, 3.05) is 19.5 Å². The lowest BCUT2D eigenvalue weighted by atomic mass is 10.2. The van der Waals surface area contributed by atoms with Gasteiger partial charge in [0.25, 0.3) is 5.91 Å². The van der Waals surface area contributed by atoms with Crippen molar-refractivity contribution in [3.63, 3.8) is 0 Å². The summed E-state index contributed by atoms with van der Waals surface area (Å²) < 4.78 is 16.8. The van der Waals surface area contributed by atoms with E-state index in [1.165, 1.54) is 14.2 Å². The van der Waals surface area contributed by atoms with Crippen LogP contribution in [-0.2, 0) is 4.79 Å². The molecule has 1 amide bonds. The van der Waals surface area contributed by atoms with E-state index in [9.17, 15) is 9.59 Å². The summed E-state index contributed by atoms with van der Waals surface area (Å²) in [4.78, 5) is 23.6. The number of aldehydes is 1. The molecule has 6 nitrogen and oxygen atoms in total. The van der Waals surface area contributed by atoms with Gasteiger partial charge < -0.3 is 19.5 Å². The SMILES string of the molecule is COc1ccc(OC)c(NC(=O)C(C)Oc2ccc(Br)cc2C=O)c1. The fourth-order valence-electron chi connectivity index (χ4n) is 2.11. The van der Waals surface area contributed by atoms with E-state index in [4.69, 9.17) is 14.2 Å². The molecule has 132 valence electrons. The third kappa shape index (κ3) is 4.73. The van der Waals surface area contributed by atoms with E-state index >= 15 is 0 Å². The number of anilines is 1. The van der Waals surface area contributed by atoms with E-state index in [0.29, 0.717) is 34.8 Å². The lowest BCUT2D eigenvalue weighted by molar-refractivity contribution is -0.122. The van der Waals surface area contributed by atoms with Crippen LogP contribution in [0.2, 0.25) is 0 Å². The van der Waals surface area contributed by atoms with Crippen LogP contribution >= 0.6 is 15.9 Å². The monoisotopic (exact) mass is 407 g/mol. The molecule has 0 heterocycles. The van der Waals surface area contributed by atoms with Crippen molar-refractivity contribution in [1.82, 2.24) is 0 Å². The van der Waals surface area contributed by atoms with Crippen LogP contribution in [-0.4, -0.2) is 32.5 Å². The fraction of sp³-hybridized carbons (Fsp3) is 0.222. The Bertz CT molecular complexity index is 778. The van der Waals surface area contributed by atoms with Gasteiger partial charge in [-0.25, -0.2) is 0 Å². The third-order valence-electron chi connectivity index (χ3n) is 3.44. The Morgan fingerprint density at radius 2 is 1.84 bits per heavy atom. The quantitative estimate of drug-likeness (QED) is 0.708. The van der Waals surface area contributed by atoms with Crippen LogP contribution in [0, 0.1) is 0 Å². The van der Waals surface area contributed by atoms with E-state index in [0.717, 1.165) is 4.47 Å². The molecule has 0 aliphatic carbocycles. The summed E-state index contributed by atoms with van der Waals surface area (Å²) in [5.74, 6) is 1.03. The molecule has 0 aliphatic heterocycles. The Labute approximate surface area is 154 Å². The third-order valence-corrected chi connectivity index (χ3v) is 3.93. The van der Waals surface area contributed by atoms with Gasteiger partial charge in [0.05, 0.1) is 25.5 Å². The molecule has 0 saturated heterocycles. The topological polar surface area (TPSA) is 73.9 Å². The van der Waals surface area contributed by atoms with Gasteiger partial charge in [-0.2, -0.15) is 0 Å². The second-order valence-electron chi connectivity index (χ2n) is 5.12. The van der Waals surface area contributed by atoms with E-state index in [2.05, 4.69) is 21.2 Å². The number of halogens is 1. The molecule has 2 aromatic carbocycles. The zero-order chi connectivity index (χ0) is 18.4. The predicted octanol–water partition coefficient (Wildman–Crippen LogP) is 3.68. The first-order chi connectivity index (χ1) is 12.0. The highest BCUT2D eigenvalue weighted by atomic mass is 79.9. The molecule has 2 rings (SSSR count). The summed E-state index contributed by atoms with van der Waals surface area (Å²) >= 11 is 3.29. The van der Waals surface area contributed by atoms with Crippen molar-refractivity contribution in [3.8, 4) is 17.2 Å². The van der Waals surface area contributed by atoms with Gasteiger partial charge in [0, 0.05) is 10.5 Å². The Morgan fingerprint density at radius 1 is 1.12 bits per heavy atom. The first kappa shape index (κ1) is 18.8. The molecule has 0 aliphatic rings. The van der Waals surface area contributed by atoms with Gasteiger partial charge in [0.15, 0.2) is 12.4 Å². The van der Waals surface area contributed by atoms with Crippen LogP contribution in [0.3, 0.4) is 0 Å². The molecule has 0 bridgehead atoms. The second kappa shape index (κ2) is 8.53. The van der Waals surface area contributed by atoms with E-state index in [1.54, 1.807) is 43.3 Å². The highest BCUT2D eigenvalue weighted by Gasteiger charge is 2.18. The predicted molar refractivity (Wildman–Crippen MR) is 97.8 cm³/mol. The van der Waals surface area contributed by atoms with Crippen LogP contribution in [0.5, 0.6) is 17.2 Å². The summed E-state index contributed by atoms with van der Waals surface area (Å²) in [7, 11) is 3.04. The molecule has 0 radical (unpaired) electrons. The van der Waals surface area contributed by atoms with Gasteiger partial charge in [-0.3, -0.25) is 9.59 Å². The Hall–Kier alpha value is -2.54. The summed E-state index contributed by atoms with van der Waals surface area (Å²) in [6.07, 6.45) is -0.147. The molecule has 0 fully saturated rings. The number of ether oxygens (including phenoxy) is 3. The van der Waals surface area contributed by atoms with Gasteiger partial charge in [-0.05, 0) is 37.3 Å². The first-order valence-electron chi connectivity index (χ1n) is 7.42. The van der Waals surface area contributed by atoms with Crippen molar-refractivity contribution in [2.24, 2.45) is 0 Å². The normalized spacial score (nSPS) is 11.4. The van der Waals surface area contributed by atoms with Gasteiger partial charge >= 0.3 is 0 Å². The van der Waals surface area contributed by atoms with Crippen LogP contribution in [0.25, 0.3) is 0 Å². The molecule has 0 saturated carbocycles. The maximum Gasteiger partial charge on any atom is 0.265 e. The molecular weight excluding hydrogens is 390 g/mol. The number of carbonyl (C=O) groups is 2. The maximum atomic E-state index is 12.4. The molecule has 1 unspecified atom stereocenters. The highest BCUT2D eigenvalue weighted by Crippen LogP contribution is 2.29. The molecular formula is C18H18BrNO5. The zero-order valence-corrected chi connectivity index (χ0v) is 15.6. The number of carbonyl (C=O) groups excluding carboxylic acids is 2. The number of nitrogens with one attached hydrogen (secondary N) is 1. The molecule has 2 aromatic rings. The largest absolute Gasteiger partial charge is 0.497 e. The molecule has 25 heavy (non-hydrogen) atoms. The lowest BCUT2D eigenvalue weighted by Crippen LogP contribution is -2.30. The number of hydrogen-bond donors (Lipinski definition) is 1. The fourth-order valence-corrected chi connectivity index (χ4v) is 2.49. The maximum absolute atomic E-state index is 12.4. The minimum Gasteiger partial charge on any atom is -0.497 e. The highest BCUT2D eigenvalue weighted by molar-refractivity contribution is 9.10. The van der Waals surface area contributed by atoms with Crippen LogP contribution in [0.1, 0.15) is 17.3 Å². The first-order valence-corrected chi connectivity index (χ1v) is 8.22. The minimum atomic E-state index is -0.823. The van der Waals surface area contributed by atoms with E-state index < -0.39 is 6.10 Å². The Morgan fingerprint density at radius 3 is 2.48 bits per heavy atom.